The molecule has 2 aliphatic rings. The van der Waals surface area contributed by atoms with E-state index in [-0.39, 0.29) is 12.4 Å². The zero-order chi connectivity index (χ0) is 21.0. The van der Waals surface area contributed by atoms with Crippen LogP contribution in [0, 0.1) is 35.3 Å². The maximum absolute atomic E-state index is 14.7. The number of hydrogen-bond donors (Lipinski definition) is 0. The molecule has 0 N–H and O–H groups in total. The minimum Gasteiger partial charge on any atom is -0.491 e. The molecule has 0 radical (unpaired) electrons. The van der Waals surface area contributed by atoms with Gasteiger partial charge in [0.15, 0.2) is 11.5 Å². The lowest BCUT2D eigenvalue weighted by Crippen LogP contribution is -2.38. The minimum atomic E-state index is -3.52. The number of rotatable bonds is 7. The SMILES string of the molecule is CCOc1ccc(OC(F)(F)C2CCC(C3CCC(CC)CC3)CC2)c(F)c1F. The first-order chi connectivity index (χ1) is 13.9. The second-order valence-corrected chi connectivity index (χ2v) is 8.59. The van der Waals surface area contributed by atoms with Gasteiger partial charge in [0.1, 0.15) is 0 Å². The zero-order valence-corrected chi connectivity index (χ0v) is 17.4. The van der Waals surface area contributed by atoms with Crippen LogP contribution < -0.4 is 9.47 Å². The molecule has 164 valence electrons. The van der Waals surface area contributed by atoms with Crippen LogP contribution in [0.15, 0.2) is 12.1 Å². The predicted molar refractivity (Wildman–Crippen MR) is 104 cm³/mol. The summed E-state index contributed by atoms with van der Waals surface area (Å²) in [7, 11) is 0. The third-order valence-electron chi connectivity index (χ3n) is 6.94. The third kappa shape index (κ3) is 5.18. The van der Waals surface area contributed by atoms with E-state index in [1.165, 1.54) is 32.1 Å². The normalized spacial score (nSPS) is 28.2. The molecule has 0 saturated heterocycles. The Balaban J connectivity index is 1.57. The first-order valence-electron chi connectivity index (χ1n) is 11.0. The molecule has 1 aromatic carbocycles. The fourth-order valence-corrected chi connectivity index (χ4v) is 5.08. The Morgan fingerprint density at radius 1 is 0.828 bits per heavy atom. The summed E-state index contributed by atoms with van der Waals surface area (Å²) in [6.07, 6.45) is 4.84. The second-order valence-electron chi connectivity index (χ2n) is 8.59. The average molecular weight is 416 g/mol. The number of ether oxygens (including phenoxy) is 2. The Bertz CT molecular complexity index is 663. The van der Waals surface area contributed by atoms with E-state index in [4.69, 9.17) is 9.47 Å². The van der Waals surface area contributed by atoms with Gasteiger partial charge in [0.25, 0.3) is 0 Å². The first kappa shape index (κ1) is 22.2. The van der Waals surface area contributed by atoms with Crippen molar-refractivity contribution in [2.24, 2.45) is 23.7 Å². The van der Waals surface area contributed by atoms with Crippen LogP contribution in [0.3, 0.4) is 0 Å². The van der Waals surface area contributed by atoms with Gasteiger partial charge in [-0.3, -0.25) is 0 Å². The molecule has 6 heteroatoms. The summed E-state index contributed by atoms with van der Waals surface area (Å²) < 4.78 is 67.1. The van der Waals surface area contributed by atoms with E-state index in [0.717, 1.165) is 30.9 Å². The number of hydrogen-bond acceptors (Lipinski definition) is 2. The molecular formula is C23H32F4O2. The molecule has 0 aromatic heterocycles. The topological polar surface area (TPSA) is 18.5 Å². The highest BCUT2D eigenvalue weighted by Gasteiger charge is 2.45. The molecule has 2 aliphatic carbocycles. The number of benzene rings is 1. The van der Waals surface area contributed by atoms with E-state index in [1.807, 2.05) is 0 Å². The van der Waals surface area contributed by atoms with Crippen LogP contribution >= 0.6 is 0 Å². The van der Waals surface area contributed by atoms with Crippen molar-refractivity contribution in [1.82, 2.24) is 0 Å². The summed E-state index contributed by atoms with van der Waals surface area (Å²) in [5, 5.41) is 0. The Labute approximate surface area is 171 Å². The van der Waals surface area contributed by atoms with Crippen molar-refractivity contribution in [3.63, 3.8) is 0 Å². The Hall–Kier alpha value is -1.46. The van der Waals surface area contributed by atoms with Gasteiger partial charge in [-0.05, 0) is 75.3 Å². The van der Waals surface area contributed by atoms with Crippen molar-refractivity contribution in [2.75, 3.05) is 6.61 Å². The summed E-state index contributed by atoms with van der Waals surface area (Å²) >= 11 is 0. The molecule has 0 atom stereocenters. The van der Waals surface area contributed by atoms with Crippen molar-refractivity contribution in [3.8, 4) is 11.5 Å². The minimum absolute atomic E-state index is 0.149. The molecule has 0 bridgehead atoms. The predicted octanol–water partition coefficient (Wildman–Crippen LogP) is 7.36. The van der Waals surface area contributed by atoms with E-state index >= 15 is 0 Å². The van der Waals surface area contributed by atoms with Crippen molar-refractivity contribution >= 4 is 0 Å². The summed E-state index contributed by atoms with van der Waals surface area (Å²) in [5.41, 5.74) is 0. The third-order valence-corrected chi connectivity index (χ3v) is 6.94. The van der Waals surface area contributed by atoms with Gasteiger partial charge >= 0.3 is 6.11 Å². The quantitative estimate of drug-likeness (QED) is 0.432. The average Bonchev–Trinajstić information content (AvgIpc) is 2.74. The summed E-state index contributed by atoms with van der Waals surface area (Å²) in [4.78, 5) is 0. The standard InChI is InChI=1S/C23H32F4O2/c1-3-15-5-7-16(8-6-15)17-9-11-18(12-10-17)23(26,27)29-20-14-13-19(28-4-2)21(24)22(20)25/h13-18H,3-12H2,1-2H3. The lowest BCUT2D eigenvalue weighted by Gasteiger charge is -2.39. The highest BCUT2D eigenvalue weighted by molar-refractivity contribution is 5.35. The maximum Gasteiger partial charge on any atom is 0.400 e. The maximum atomic E-state index is 14.7. The molecular weight excluding hydrogens is 384 g/mol. The highest BCUT2D eigenvalue weighted by Crippen LogP contribution is 2.46. The molecule has 0 amide bonds. The van der Waals surface area contributed by atoms with E-state index in [2.05, 4.69) is 6.92 Å². The first-order valence-corrected chi connectivity index (χ1v) is 11.0. The molecule has 0 unspecified atom stereocenters. The van der Waals surface area contributed by atoms with Crippen molar-refractivity contribution in [3.05, 3.63) is 23.8 Å². The van der Waals surface area contributed by atoms with E-state index in [9.17, 15) is 17.6 Å². The van der Waals surface area contributed by atoms with Crippen LogP contribution in [0.25, 0.3) is 0 Å². The second kappa shape index (κ2) is 9.57. The van der Waals surface area contributed by atoms with Gasteiger partial charge in [0.2, 0.25) is 11.6 Å². The largest absolute Gasteiger partial charge is 0.491 e. The molecule has 0 spiro atoms. The van der Waals surface area contributed by atoms with Gasteiger partial charge < -0.3 is 9.47 Å². The Morgan fingerprint density at radius 3 is 1.90 bits per heavy atom. The van der Waals surface area contributed by atoms with Gasteiger partial charge in [-0.25, -0.2) is 0 Å². The van der Waals surface area contributed by atoms with Crippen LogP contribution in [0.5, 0.6) is 11.5 Å². The monoisotopic (exact) mass is 416 g/mol. The number of alkyl halides is 2. The molecule has 29 heavy (non-hydrogen) atoms. The van der Waals surface area contributed by atoms with Gasteiger partial charge in [-0.15, -0.1) is 0 Å². The van der Waals surface area contributed by atoms with Gasteiger partial charge in [-0.2, -0.15) is 17.6 Å². The van der Waals surface area contributed by atoms with Crippen LogP contribution in [0.2, 0.25) is 0 Å². The fourth-order valence-electron chi connectivity index (χ4n) is 5.08. The molecule has 2 nitrogen and oxygen atoms in total. The Kier molecular flexibility index (Phi) is 7.33. The summed E-state index contributed by atoms with van der Waals surface area (Å²) in [6, 6.07) is 2.13. The molecule has 1 aromatic rings. The Morgan fingerprint density at radius 2 is 1.34 bits per heavy atom. The smallest absolute Gasteiger partial charge is 0.400 e. The molecule has 0 heterocycles. The number of halogens is 4. The van der Waals surface area contributed by atoms with Crippen molar-refractivity contribution in [1.29, 1.82) is 0 Å². The van der Waals surface area contributed by atoms with Crippen LogP contribution in [-0.2, 0) is 0 Å². The van der Waals surface area contributed by atoms with Crippen LogP contribution in [0.4, 0.5) is 17.6 Å². The van der Waals surface area contributed by atoms with Gasteiger partial charge in [-0.1, -0.05) is 26.2 Å². The fraction of sp³-hybridized carbons (Fsp3) is 0.739. The molecule has 2 saturated carbocycles. The van der Waals surface area contributed by atoms with E-state index in [0.29, 0.717) is 24.7 Å². The lowest BCUT2D eigenvalue weighted by atomic mass is 9.69. The highest BCUT2D eigenvalue weighted by atomic mass is 19.3. The summed E-state index contributed by atoms with van der Waals surface area (Å²) in [5.74, 6) is -2.81. The molecule has 2 fully saturated rings. The van der Waals surface area contributed by atoms with E-state index < -0.39 is 29.4 Å². The van der Waals surface area contributed by atoms with Crippen molar-refractivity contribution in [2.45, 2.75) is 77.7 Å². The zero-order valence-electron chi connectivity index (χ0n) is 17.4. The molecule has 0 aliphatic heterocycles. The van der Waals surface area contributed by atoms with Crippen molar-refractivity contribution < 1.29 is 27.0 Å². The lowest BCUT2D eigenvalue weighted by molar-refractivity contribution is -0.225. The molecule has 3 rings (SSSR count). The van der Waals surface area contributed by atoms with Crippen LogP contribution in [0.1, 0.15) is 71.6 Å². The van der Waals surface area contributed by atoms with E-state index in [1.54, 1.807) is 6.92 Å². The van der Waals surface area contributed by atoms with Crippen LogP contribution in [-0.4, -0.2) is 12.7 Å². The van der Waals surface area contributed by atoms with Gasteiger partial charge in [0, 0.05) is 0 Å². The van der Waals surface area contributed by atoms with Gasteiger partial charge in [0.05, 0.1) is 12.5 Å². The summed E-state index contributed by atoms with van der Waals surface area (Å²) in [6.45, 7) is 4.01.